The third kappa shape index (κ3) is 5.34. The molecular formula is C24H19N3O4. The molecule has 0 bridgehead atoms. The number of aryl methyl sites for hydroxylation is 1. The molecule has 0 aromatic heterocycles. The fourth-order valence-electron chi connectivity index (χ4n) is 2.73. The smallest absolute Gasteiger partial charge is 0.343 e. The van der Waals surface area contributed by atoms with E-state index < -0.39 is 11.9 Å². The number of hydrogen-bond acceptors (Lipinski definition) is 6. The molecule has 0 saturated heterocycles. The number of rotatable bonds is 6. The highest BCUT2D eigenvalue weighted by Gasteiger charge is 2.14. The van der Waals surface area contributed by atoms with E-state index in [1.54, 1.807) is 54.6 Å². The van der Waals surface area contributed by atoms with Crippen molar-refractivity contribution in [1.29, 1.82) is 5.26 Å². The summed E-state index contributed by atoms with van der Waals surface area (Å²) in [6.45, 7) is 1.83. The summed E-state index contributed by atoms with van der Waals surface area (Å²) in [6.07, 6.45) is 1.44. The fourth-order valence-corrected chi connectivity index (χ4v) is 2.73. The maximum absolute atomic E-state index is 12.4. The van der Waals surface area contributed by atoms with Gasteiger partial charge in [0.15, 0.2) is 11.5 Å². The molecule has 3 rings (SSSR count). The molecule has 0 fully saturated rings. The number of nitrogens with zero attached hydrogens (tertiary/aromatic N) is 2. The van der Waals surface area contributed by atoms with Crippen LogP contribution < -0.4 is 14.9 Å². The Balaban J connectivity index is 1.67. The normalized spacial score (nSPS) is 10.4. The molecule has 1 amide bonds. The predicted octanol–water partition coefficient (Wildman–Crippen LogP) is 3.86. The van der Waals surface area contributed by atoms with Gasteiger partial charge in [-0.05, 0) is 66.6 Å². The van der Waals surface area contributed by atoms with E-state index in [0.29, 0.717) is 28.0 Å². The van der Waals surface area contributed by atoms with Crippen molar-refractivity contribution in [3.63, 3.8) is 0 Å². The van der Waals surface area contributed by atoms with Crippen LogP contribution in [-0.4, -0.2) is 25.2 Å². The van der Waals surface area contributed by atoms with Gasteiger partial charge in [0.05, 0.1) is 30.5 Å². The number of carbonyl (C=O) groups excluding carboxylic acids is 2. The first-order valence-electron chi connectivity index (χ1n) is 9.31. The molecule has 1 N–H and O–H groups in total. The van der Waals surface area contributed by atoms with Gasteiger partial charge < -0.3 is 9.47 Å². The summed E-state index contributed by atoms with van der Waals surface area (Å²) in [4.78, 5) is 24.5. The average molecular weight is 413 g/mol. The summed E-state index contributed by atoms with van der Waals surface area (Å²) in [5.41, 5.74) is 5.19. The van der Waals surface area contributed by atoms with Gasteiger partial charge >= 0.3 is 5.97 Å². The molecule has 7 heteroatoms. The second kappa shape index (κ2) is 9.85. The highest BCUT2D eigenvalue weighted by atomic mass is 16.6. The maximum Gasteiger partial charge on any atom is 0.343 e. The zero-order chi connectivity index (χ0) is 22.2. The van der Waals surface area contributed by atoms with Crippen molar-refractivity contribution >= 4 is 18.1 Å². The quantitative estimate of drug-likeness (QED) is 0.286. The van der Waals surface area contributed by atoms with Crippen molar-refractivity contribution in [2.45, 2.75) is 6.92 Å². The standard InChI is InChI=1S/C24H19N3O4/c1-16-5-3-4-6-20(16)24(29)31-21-12-9-18(13-22(21)30-2)15-26-27-23(28)19-10-7-17(14-25)8-11-19/h3-13,15H,1-2H3,(H,27,28)/b26-15-. The summed E-state index contributed by atoms with van der Waals surface area (Å²) >= 11 is 0. The predicted molar refractivity (Wildman–Crippen MR) is 115 cm³/mol. The van der Waals surface area contributed by atoms with E-state index in [1.165, 1.54) is 13.3 Å². The Hall–Kier alpha value is -4.44. The molecule has 0 spiro atoms. The molecule has 31 heavy (non-hydrogen) atoms. The van der Waals surface area contributed by atoms with Crippen molar-refractivity contribution in [3.05, 3.63) is 94.5 Å². The molecule has 3 aromatic rings. The number of benzene rings is 3. The Morgan fingerprint density at radius 3 is 2.45 bits per heavy atom. The number of amides is 1. The largest absolute Gasteiger partial charge is 0.493 e. The van der Waals surface area contributed by atoms with E-state index in [-0.39, 0.29) is 5.75 Å². The van der Waals surface area contributed by atoms with Gasteiger partial charge in [0.2, 0.25) is 0 Å². The minimum Gasteiger partial charge on any atom is -0.493 e. The van der Waals surface area contributed by atoms with Crippen LogP contribution in [0.25, 0.3) is 0 Å². The van der Waals surface area contributed by atoms with Crippen LogP contribution in [-0.2, 0) is 0 Å². The topological polar surface area (TPSA) is 101 Å². The van der Waals surface area contributed by atoms with E-state index in [4.69, 9.17) is 14.7 Å². The van der Waals surface area contributed by atoms with Crippen LogP contribution >= 0.6 is 0 Å². The number of nitrogens with one attached hydrogen (secondary N) is 1. The second-order valence-electron chi connectivity index (χ2n) is 6.50. The van der Waals surface area contributed by atoms with E-state index >= 15 is 0 Å². The third-order valence-electron chi connectivity index (χ3n) is 4.41. The molecule has 0 atom stereocenters. The highest BCUT2D eigenvalue weighted by Crippen LogP contribution is 2.28. The zero-order valence-electron chi connectivity index (χ0n) is 17.0. The van der Waals surface area contributed by atoms with Crippen LogP contribution in [0.2, 0.25) is 0 Å². The molecule has 3 aromatic carbocycles. The number of ether oxygens (including phenoxy) is 2. The number of carbonyl (C=O) groups is 2. The molecule has 0 aliphatic heterocycles. The van der Waals surface area contributed by atoms with Crippen LogP contribution in [0.1, 0.15) is 37.4 Å². The minimum atomic E-state index is -0.479. The molecule has 0 radical (unpaired) electrons. The van der Waals surface area contributed by atoms with Gasteiger partial charge in [-0.2, -0.15) is 10.4 Å². The second-order valence-corrected chi connectivity index (χ2v) is 6.50. The van der Waals surface area contributed by atoms with E-state index in [2.05, 4.69) is 10.5 Å². The number of hydrazone groups is 1. The molecule has 0 aliphatic rings. The van der Waals surface area contributed by atoms with Gasteiger partial charge in [-0.3, -0.25) is 4.79 Å². The first kappa shape index (κ1) is 21.3. The Morgan fingerprint density at radius 2 is 1.77 bits per heavy atom. The fraction of sp³-hybridized carbons (Fsp3) is 0.0833. The molecule has 0 unspecified atom stereocenters. The van der Waals surface area contributed by atoms with Crippen LogP contribution in [0.15, 0.2) is 71.8 Å². The van der Waals surface area contributed by atoms with E-state index in [0.717, 1.165) is 5.56 Å². The van der Waals surface area contributed by atoms with Crippen molar-refractivity contribution < 1.29 is 19.1 Å². The molecule has 7 nitrogen and oxygen atoms in total. The number of esters is 1. The minimum absolute atomic E-state index is 0.273. The van der Waals surface area contributed by atoms with Gasteiger partial charge in [0.25, 0.3) is 5.91 Å². The third-order valence-corrected chi connectivity index (χ3v) is 4.41. The van der Waals surface area contributed by atoms with Gasteiger partial charge in [-0.1, -0.05) is 18.2 Å². The molecular weight excluding hydrogens is 394 g/mol. The van der Waals surface area contributed by atoms with Crippen LogP contribution in [0.5, 0.6) is 11.5 Å². The monoisotopic (exact) mass is 413 g/mol. The van der Waals surface area contributed by atoms with Crippen molar-refractivity contribution in [2.24, 2.45) is 5.10 Å². The maximum atomic E-state index is 12.4. The van der Waals surface area contributed by atoms with Gasteiger partial charge in [-0.25, -0.2) is 10.2 Å². The van der Waals surface area contributed by atoms with Crippen LogP contribution in [0, 0.1) is 18.3 Å². The highest BCUT2D eigenvalue weighted by molar-refractivity contribution is 5.95. The first-order valence-corrected chi connectivity index (χ1v) is 9.31. The summed E-state index contributed by atoms with van der Waals surface area (Å²) in [5, 5.41) is 12.7. The molecule has 0 aliphatic carbocycles. The molecule has 0 heterocycles. The summed E-state index contributed by atoms with van der Waals surface area (Å²) in [7, 11) is 1.47. The number of nitriles is 1. The SMILES string of the molecule is COc1cc(/C=N\NC(=O)c2ccc(C#N)cc2)ccc1OC(=O)c1ccccc1C. The molecule has 154 valence electrons. The van der Waals surface area contributed by atoms with Crippen molar-refractivity contribution in [1.82, 2.24) is 5.43 Å². The van der Waals surface area contributed by atoms with Crippen LogP contribution in [0.3, 0.4) is 0 Å². The van der Waals surface area contributed by atoms with Crippen molar-refractivity contribution in [2.75, 3.05) is 7.11 Å². The van der Waals surface area contributed by atoms with E-state index in [9.17, 15) is 9.59 Å². The van der Waals surface area contributed by atoms with Gasteiger partial charge in [-0.15, -0.1) is 0 Å². The van der Waals surface area contributed by atoms with Crippen LogP contribution in [0.4, 0.5) is 0 Å². The number of hydrogen-bond donors (Lipinski definition) is 1. The lowest BCUT2D eigenvalue weighted by Crippen LogP contribution is -2.17. The Bertz CT molecular complexity index is 1180. The number of methoxy groups -OCH3 is 1. The van der Waals surface area contributed by atoms with E-state index in [1.807, 2.05) is 25.1 Å². The average Bonchev–Trinajstić information content (AvgIpc) is 2.80. The summed E-state index contributed by atoms with van der Waals surface area (Å²) < 4.78 is 10.8. The Morgan fingerprint density at radius 1 is 1.03 bits per heavy atom. The lowest BCUT2D eigenvalue weighted by molar-refractivity contribution is 0.0728. The van der Waals surface area contributed by atoms with Crippen molar-refractivity contribution in [3.8, 4) is 17.6 Å². The summed E-state index contributed by atoms with van der Waals surface area (Å²) in [5.74, 6) is -0.261. The Labute approximate surface area is 179 Å². The molecule has 0 saturated carbocycles. The van der Waals surface area contributed by atoms with Gasteiger partial charge in [0.1, 0.15) is 0 Å². The first-order chi connectivity index (χ1) is 15.0. The van der Waals surface area contributed by atoms with Gasteiger partial charge in [0, 0.05) is 5.56 Å². The Kier molecular flexibility index (Phi) is 6.76. The lowest BCUT2D eigenvalue weighted by atomic mass is 10.1. The summed E-state index contributed by atoms with van der Waals surface area (Å²) in [6, 6.07) is 20.3. The zero-order valence-corrected chi connectivity index (χ0v) is 17.0. The lowest BCUT2D eigenvalue weighted by Gasteiger charge is -2.11.